The van der Waals surface area contributed by atoms with Crippen LogP contribution in [0.1, 0.15) is 29.7 Å². The maximum Gasteiger partial charge on any atom is 0.0674 e. The van der Waals surface area contributed by atoms with Gasteiger partial charge in [0.05, 0.1) is 12.7 Å². The van der Waals surface area contributed by atoms with E-state index in [1.165, 1.54) is 11.1 Å². The highest BCUT2D eigenvalue weighted by Gasteiger charge is 2.07. The normalized spacial score (nSPS) is 12.7. The molecule has 2 aromatic rings. The van der Waals surface area contributed by atoms with Gasteiger partial charge in [0, 0.05) is 22.8 Å². The third kappa shape index (κ3) is 2.92. The predicted molar refractivity (Wildman–Crippen MR) is 75.0 cm³/mol. The Morgan fingerprint density at radius 3 is 2.89 bits per heavy atom. The third-order valence-electron chi connectivity index (χ3n) is 3.13. The summed E-state index contributed by atoms with van der Waals surface area (Å²) in [7, 11) is 1.94. The van der Waals surface area contributed by atoms with Crippen LogP contribution >= 0.6 is 11.6 Å². The molecule has 0 aliphatic carbocycles. The molecule has 0 aliphatic heterocycles. The Kier molecular flexibility index (Phi) is 4.04. The molecule has 0 amide bonds. The van der Waals surface area contributed by atoms with Crippen molar-refractivity contribution in [1.82, 2.24) is 15.1 Å². The second-order valence-electron chi connectivity index (χ2n) is 4.58. The van der Waals surface area contributed by atoms with Gasteiger partial charge in [-0.3, -0.25) is 4.68 Å². The Bertz CT molecular complexity index is 534. The molecule has 18 heavy (non-hydrogen) atoms. The summed E-state index contributed by atoms with van der Waals surface area (Å²) in [6.07, 6.45) is 3.95. The summed E-state index contributed by atoms with van der Waals surface area (Å²) < 4.78 is 1.92. The largest absolute Gasteiger partial charge is 0.313 e. The standard InChI is InChI=1S/C14H18ClN3/c1-10-4-5-12(14(15)6-10)8-18-9-13(7-17-18)11(2)16-3/h4-7,9,11,16H,8H2,1-3H3. The van der Waals surface area contributed by atoms with E-state index in [9.17, 15) is 0 Å². The molecule has 0 saturated heterocycles. The van der Waals surface area contributed by atoms with Crippen LogP contribution in [-0.4, -0.2) is 16.8 Å². The molecule has 4 heteroatoms. The Hall–Kier alpha value is -1.32. The first kappa shape index (κ1) is 13.1. The summed E-state index contributed by atoms with van der Waals surface area (Å²) in [5, 5.41) is 8.36. The summed E-state index contributed by atoms with van der Waals surface area (Å²) in [6.45, 7) is 4.85. The van der Waals surface area contributed by atoms with E-state index in [1.807, 2.05) is 30.9 Å². The molecular weight excluding hydrogens is 246 g/mol. The van der Waals surface area contributed by atoms with E-state index in [0.29, 0.717) is 12.6 Å². The van der Waals surface area contributed by atoms with Crippen LogP contribution in [0.25, 0.3) is 0 Å². The first-order valence-electron chi connectivity index (χ1n) is 6.05. The molecule has 1 aromatic heterocycles. The van der Waals surface area contributed by atoms with Gasteiger partial charge in [-0.05, 0) is 38.1 Å². The van der Waals surface area contributed by atoms with E-state index in [-0.39, 0.29) is 0 Å². The second-order valence-corrected chi connectivity index (χ2v) is 4.98. The van der Waals surface area contributed by atoms with E-state index in [4.69, 9.17) is 11.6 Å². The Morgan fingerprint density at radius 1 is 1.44 bits per heavy atom. The minimum absolute atomic E-state index is 0.312. The molecule has 1 heterocycles. The van der Waals surface area contributed by atoms with E-state index in [1.54, 1.807) is 0 Å². The summed E-state index contributed by atoms with van der Waals surface area (Å²) in [6, 6.07) is 6.42. The summed E-state index contributed by atoms with van der Waals surface area (Å²) >= 11 is 6.22. The number of nitrogens with zero attached hydrogens (tertiary/aromatic N) is 2. The van der Waals surface area contributed by atoms with Crippen LogP contribution < -0.4 is 5.32 Å². The van der Waals surface area contributed by atoms with E-state index < -0.39 is 0 Å². The van der Waals surface area contributed by atoms with Gasteiger partial charge >= 0.3 is 0 Å². The molecule has 96 valence electrons. The van der Waals surface area contributed by atoms with Gasteiger partial charge in [0.2, 0.25) is 0 Å². The lowest BCUT2D eigenvalue weighted by atomic mass is 10.1. The summed E-state index contributed by atoms with van der Waals surface area (Å²) in [5.74, 6) is 0. The fraction of sp³-hybridized carbons (Fsp3) is 0.357. The van der Waals surface area contributed by atoms with Gasteiger partial charge in [0.1, 0.15) is 0 Å². The zero-order valence-electron chi connectivity index (χ0n) is 10.9. The maximum absolute atomic E-state index is 6.22. The molecule has 0 radical (unpaired) electrons. The van der Waals surface area contributed by atoms with Crippen molar-refractivity contribution in [3.05, 3.63) is 52.3 Å². The first-order valence-corrected chi connectivity index (χ1v) is 6.42. The topological polar surface area (TPSA) is 29.9 Å². The molecule has 1 unspecified atom stereocenters. The molecule has 0 fully saturated rings. The number of benzene rings is 1. The number of aryl methyl sites for hydroxylation is 1. The molecular formula is C14H18ClN3. The van der Waals surface area contributed by atoms with Crippen LogP contribution in [0, 0.1) is 6.92 Å². The summed E-state index contributed by atoms with van der Waals surface area (Å²) in [5.41, 5.74) is 3.45. The molecule has 2 rings (SSSR count). The molecule has 0 bridgehead atoms. The van der Waals surface area contributed by atoms with Crippen LogP contribution in [0.5, 0.6) is 0 Å². The van der Waals surface area contributed by atoms with Crippen LogP contribution in [-0.2, 0) is 6.54 Å². The van der Waals surface area contributed by atoms with Crippen LogP contribution in [0.15, 0.2) is 30.6 Å². The highest BCUT2D eigenvalue weighted by atomic mass is 35.5. The summed E-state index contributed by atoms with van der Waals surface area (Å²) in [4.78, 5) is 0. The van der Waals surface area contributed by atoms with Crippen molar-refractivity contribution in [2.75, 3.05) is 7.05 Å². The quantitative estimate of drug-likeness (QED) is 0.918. The monoisotopic (exact) mass is 263 g/mol. The van der Waals surface area contributed by atoms with Gasteiger partial charge in [0.25, 0.3) is 0 Å². The van der Waals surface area contributed by atoms with Gasteiger partial charge in [-0.15, -0.1) is 0 Å². The SMILES string of the molecule is CNC(C)c1cnn(Cc2ccc(C)cc2Cl)c1. The highest BCUT2D eigenvalue weighted by Crippen LogP contribution is 2.19. The Morgan fingerprint density at radius 2 is 2.22 bits per heavy atom. The molecule has 1 N–H and O–H groups in total. The van der Waals surface area contributed by atoms with Crippen LogP contribution in [0.4, 0.5) is 0 Å². The van der Waals surface area contributed by atoms with E-state index in [0.717, 1.165) is 10.6 Å². The van der Waals surface area contributed by atoms with Crippen molar-refractivity contribution in [2.24, 2.45) is 0 Å². The first-order chi connectivity index (χ1) is 8.60. The van der Waals surface area contributed by atoms with Crippen molar-refractivity contribution < 1.29 is 0 Å². The number of rotatable bonds is 4. The fourth-order valence-corrected chi connectivity index (χ4v) is 2.11. The molecule has 3 nitrogen and oxygen atoms in total. The lowest BCUT2D eigenvalue weighted by Gasteiger charge is -2.07. The lowest BCUT2D eigenvalue weighted by molar-refractivity contribution is 0.646. The zero-order valence-corrected chi connectivity index (χ0v) is 11.7. The van der Waals surface area contributed by atoms with Gasteiger partial charge in [-0.2, -0.15) is 5.10 Å². The fourth-order valence-electron chi connectivity index (χ4n) is 1.81. The number of halogens is 1. The minimum Gasteiger partial charge on any atom is -0.313 e. The number of hydrogen-bond donors (Lipinski definition) is 1. The Labute approximate surface area is 113 Å². The van der Waals surface area contributed by atoms with Crippen molar-refractivity contribution in [3.63, 3.8) is 0 Å². The maximum atomic E-state index is 6.22. The lowest BCUT2D eigenvalue weighted by Crippen LogP contribution is -2.11. The van der Waals surface area contributed by atoms with Gasteiger partial charge in [0.15, 0.2) is 0 Å². The molecule has 1 aromatic carbocycles. The molecule has 1 atom stereocenters. The average molecular weight is 264 g/mol. The van der Waals surface area contributed by atoms with Crippen molar-refractivity contribution in [3.8, 4) is 0 Å². The van der Waals surface area contributed by atoms with E-state index in [2.05, 4.69) is 35.7 Å². The predicted octanol–water partition coefficient (Wildman–Crippen LogP) is 3.17. The van der Waals surface area contributed by atoms with Gasteiger partial charge < -0.3 is 5.32 Å². The number of nitrogens with one attached hydrogen (secondary N) is 1. The molecule has 0 aliphatic rings. The third-order valence-corrected chi connectivity index (χ3v) is 3.48. The number of aromatic nitrogens is 2. The zero-order chi connectivity index (χ0) is 13.1. The molecule has 0 spiro atoms. The molecule has 0 saturated carbocycles. The Balaban J connectivity index is 2.16. The van der Waals surface area contributed by atoms with Gasteiger partial charge in [-0.25, -0.2) is 0 Å². The van der Waals surface area contributed by atoms with Crippen molar-refractivity contribution in [1.29, 1.82) is 0 Å². The second kappa shape index (κ2) is 5.55. The highest BCUT2D eigenvalue weighted by molar-refractivity contribution is 6.31. The van der Waals surface area contributed by atoms with Crippen LogP contribution in [0.2, 0.25) is 5.02 Å². The minimum atomic E-state index is 0.312. The van der Waals surface area contributed by atoms with Crippen molar-refractivity contribution in [2.45, 2.75) is 26.4 Å². The van der Waals surface area contributed by atoms with Crippen molar-refractivity contribution >= 4 is 11.6 Å². The number of hydrogen-bond acceptors (Lipinski definition) is 2. The van der Waals surface area contributed by atoms with Crippen LogP contribution in [0.3, 0.4) is 0 Å². The van der Waals surface area contributed by atoms with Gasteiger partial charge in [-0.1, -0.05) is 23.7 Å². The smallest absolute Gasteiger partial charge is 0.0674 e. The average Bonchev–Trinajstić information content (AvgIpc) is 2.80. The van der Waals surface area contributed by atoms with E-state index >= 15 is 0 Å².